The quantitative estimate of drug-likeness (QED) is 0.519. The third-order valence-corrected chi connectivity index (χ3v) is 7.49. The van der Waals surface area contributed by atoms with Gasteiger partial charge in [0, 0.05) is 19.0 Å². The number of hydrogen-bond acceptors (Lipinski definition) is 5. The van der Waals surface area contributed by atoms with Crippen molar-refractivity contribution in [2.24, 2.45) is 5.92 Å². The van der Waals surface area contributed by atoms with Crippen LogP contribution < -0.4 is 10.6 Å². The number of nitrogens with zero attached hydrogens (tertiary/aromatic N) is 1. The van der Waals surface area contributed by atoms with E-state index in [1.165, 1.54) is 0 Å². The average Bonchev–Trinajstić information content (AvgIpc) is 3.19. The Balaban J connectivity index is 1.41. The van der Waals surface area contributed by atoms with E-state index in [9.17, 15) is 19.5 Å². The maximum absolute atomic E-state index is 13.2. The van der Waals surface area contributed by atoms with Crippen LogP contribution in [0, 0.1) is 5.92 Å². The lowest BCUT2D eigenvalue weighted by Crippen LogP contribution is -2.63. The molecule has 1 aliphatic heterocycles. The Kier molecular flexibility index (Phi) is 7.64. The number of amides is 2. The summed E-state index contributed by atoms with van der Waals surface area (Å²) in [6, 6.07) is 15.2. The molecule has 8 nitrogen and oxygen atoms in total. The van der Waals surface area contributed by atoms with Gasteiger partial charge in [0.2, 0.25) is 5.91 Å². The van der Waals surface area contributed by atoms with E-state index in [1.54, 1.807) is 13.8 Å². The Bertz CT molecular complexity index is 1080. The third kappa shape index (κ3) is 5.09. The number of fused-ring (bicyclic) bond motifs is 3. The van der Waals surface area contributed by atoms with E-state index in [1.807, 2.05) is 43.3 Å². The van der Waals surface area contributed by atoms with Crippen molar-refractivity contribution in [3.63, 3.8) is 0 Å². The van der Waals surface area contributed by atoms with Crippen LogP contribution in [0.2, 0.25) is 0 Å². The van der Waals surface area contributed by atoms with Crippen LogP contribution in [0.1, 0.15) is 50.7 Å². The zero-order chi connectivity index (χ0) is 25.9. The highest BCUT2D eigenvalue weighted by Crippen LogP contribution is 2.44. The summed E-state index contributed by atoms with van der Waals surface area (Å²) in [6.45, 7) is 7.80. The minimum Gasteiger partial charge on any atom is -0.480 e. The van der Waals surface area contributed by atoms with E-state index in [4.69, 9.17) is 4.74 Å². The molecule has 2 amide bonds. The summed E-state index contributed by atoms with van der Waals surface area (Å²) in [6.07, 6.45) is -0.0640. The molecule has 1 aliphatic carbocycles. The zero-order valence-corrected chi connectivity index (χ0v) is 21.1. The lowest BCUT2D eigenvalue weighted by atomic mass is 9.86. The van der Waals surface area contributed by atoms with Crippen molar-refractivity contribution in [1.29, 1.82) is 0 Å². The molecular weight excluding hydrogens is 458 g/mol. The van der Waals surface area contributed by atoms with Gasteiger partial charge in [0.1, 0.15) is 18.2 Å². The van der Waals surface area contributed by atoms with E-state index in [0.717, 1.165) is 28.8 Å². The molecule has 0 unspecified atom stereocenters. The largest absolute Gasteiger partial charge is 0.480 e. The van der Waals surface area contributed by atoms with Crippen LogP contribution in [0.5, 0.6) is 0 Å². The number of carboxylic acids is 1. The molecule has 3 N–H and O–H groups in total. The number of aliphatic carboxylic acids is 1. The summed E-state index contributed by atoms with van der Waals surface area (Å²) in [7, 11) is 0. The number of nitrogens with one attached hydrogen (secondary N) is 2. The van der Waals surface area contributed by atoms with Gasteiger partial charge in [0.25, 0.3) is 0 Å². The fraction of sp³-hybridized carbons (Fsp3) is 0.464. The maximum Gasteiger partial charge on any atom is 0.407 e. The lowest BCUT2D eigenvalue weighted by Gasteiger charge is -2.39. The van der Waals surface area contributed by atoms with E-state index in [-0.39, 0.29) is 18.4 Å². The highest BCUT2D eigenvalue weighted by atomic mass is 16.5. The molecule has 1 heterocycles. The number of carbonyl (C=O) groups excluding carboxylic acids is 2. The van der Waals surface area contributed by atoms with Crippen LogP contribution in [0.15, 0.2) is 48.5 Å². The molecule has 1 saturated heterocycles. The van der Waals surface area contributed by atoms with Gasteiger partial charge in [-0.1, -0.05) is 69.3 Å². The first kappa shape index (κ1) is 25.7. The minimum absolute atomic E-state index is 0.0893. The fourth-order valence-electron chi connectivity index (χ4n) is 5.26. The van der Waals surface area contributed by atoms with Gasteiger partial charge in [-0.05, 0) is 47.6 Å². The first-order chi connectivity index (χ1) is 17.3. The number of alkyl carbamates (subject to hydrolysis) is 1. The third-order valence-electron chi connectivity index (χ3n) is 7.49. The Morgan fingerprint density at radius 3 is 2.08 bits per heavy atom. The predicted octanol–water partition coefficient (Wildman–Crippen LogP) is 3.61. The Hall–Kier alpha value is -3.39. The number of rotatable bonds is 8. The lowest BCUT2D eigenvalue weighted by molar-refractivity contribution is -0.150. The van der Waals surface area contributed by atoms with E-state index >= 15 is 0 Å². The van der Waals surface area contributed by atoms with Gasteiger partial charge < -0.3 is 25.4 Å². The average molecular weight is 494 g/mol. The van der Waals surface area contributed by atoms with Crippen LogP contribution in [0.25, 0.3) is 11.1 Å². The van der Waals surface area contributed by atoms with Crippen molar-refractivity contribution < 1.29 is 24.2 Å². The molecule has 192 valence electrons. The Morgan fingerprint density at radius 2 is 1.58 bits per heavy atom. The fourth-order valence-corrected chi connectivity index (χ4v) is 5.26. The number of carboxylic acid groups (broad SMARTS) is 1. The molecule has 2 aromatic rings. The number of likely N-dealkylation sites (tertiary alicyclic amines) is 1. The molecule has 2 aliphatic rings. The van der Waals surface area contributed by atoms with Crippen molar-refractivity contribution in [2.75, 3.05) is 26.2 Å². The summed E-state index contributed by atoms with van der Waals surface area (Å²) in [4.78, 5) is 40.3. The molecule has 4 rings (SSSR count). The first-order valence-corrected chi connectivity index (χ1v) is 12.6. The number of carbonyl (C=O) groups is 3. The normalized spacial score (nSPS) is 17.7. The second-order valence-corrected chi connectivity index (χ2v) is 10.0. The van der Waals surface area contributed by atoms with Crippen LogP contribution in [-0.2, 0) is 14.3 Å². The topological polar surface area (TPSA) is 108 Å². The van der Waals surface area contributed by atoms with Crippen molar-refractivity contribution in [3.8, 4) is 11.1 Å². The van der Waals surface area contributed by atoms with Crippen molar-refractivity contribution in [2.45, 2.75) is 51.1 Å². The molecule has 1 fully saturated rings. The van der Waals surface area contributed by atoms with Gasteiger partial charge >= 0.3 is 12.1 Å². The molecule has 0 saturated carbocycles. The summed E-state index contributed by atoms with van der Waals surface area (Å²) < 4.78 is 5.61. The van der Waals surface area contributed by atoms with Gasteiger partial charge in [-0.2, -0.15) is 0 Å². The molecule has 0 radical (unpaired) electrons. The highest BCUT2D eigenvalue weighted by Gasteiger charge is 2.44. The number of benzene rings is 2. The standard InChI is InChI=1S/C28H35N3O5/c1-4-31-15-13-28(14-16-31,26(33)34)30-25(32)24(18(2)3)29-27(35)36-17-23-21-11-7-5-9-19(21)20-10-6-8-12-22(20)23/h5-12,18,23-24H,4,13-17H2,1-3H3,(H,29,35)(H,30,32)(H,33,34)/t24-/m0/s1. The maximum atomic E-state index is 13.2. The monoisotopic (exact) mass is 493 g/mol. The van der Waals surface area contributed by atoms with Crippen LogP contribution >= 0.6 is 0 Å². The first-order valence-electron chi connectivity index (χ1n) is 12.6. The number of ether oxygens (including phenoxy) is 1. The summed E-state index contributed by atoms with van der Waals surface area (Å²) in [5.41, 5.74) is 3.14. The van der Waals surface area contributed by atoms with Crippen LogP contribution in [0.4, 0.5) is 4.79 Å². The minimum atomic E-state index is -1.33. The van der Waals surface area contributed by atoms with E-state index in [2.05, 4.69) is 27.7 Å². The molecular formula is C28H35N3O5. The van der Waals surface area contributed by atoms with Crippen molar-refractivity contribution >= 4 is 18.0 Å². The molecule has 0 aromatic heterocycles. The Labute approximate surface area is 212 Å². The highest BCUT2D eigenvalue weighted by molar-refractivity contribution is 5.91. The van der Waals surface area contributed by atoms with Gasteiger partial charge in [-0.15, -0.1) is 0 Å². The summed E-state index contributed by atoms with van der Waals surface area (Å²) in [5, 5.41) is 15.3. The summed E-state index contributed by atoms with van der Waals surface area (Å²) >= 11 is 0. The predicted molar refractivity (Wildman–Crippen MR) is 137 cm³/mol. The van der Waals surface area contributed by atoms with Crippen molar-refractivity contribution in [1.82, 2.24) is 15.5 Å². The molecule has 1 atom stereocenters. The van der Waals surface area contributed by atoms with Crippen molar-refractivity contribution in [3.05, 3.63) is 59.7 Å². The van der Waals surface area contributed by atoms with E-state index in [0.29, 0.717) is 25.9 Å². The van der Waals surface area contributed by atoms with Gasteiger partial charge in [-0.3, -0.25) is 4.79 Å². The van der Waals surface area contributed by atoms with E-state index < -0.39 is 29.6 Å². The van der Waals surface area contributed by atoms with Crippen LogP contribution in [-0.4, -0.2) is 65.8 Å². The number of piperidine rings is 1. The smallest absolute Gasteiger partial charge is 0.407 e. The second-order valence-electron chi connectivity index (χ2n) is 10.0. The molecule has 36 heavy (non-hydrogen) atoms. The summed E-state index contributed by atoms with van der Waals surface area (Å²) in [5.74, 6) is -1.90. The number of hydrogen-bond donors (Lipinski definition) is 3. The molecule has 0 spiro atoms. The van der Waals surface area contributed by atoms with Crippen LogP contribution in [0.3, 0.4) is 0 Å². The zero-order valence-electron chi connectivity index (χ0n) is 21.1. The molecule has 8 heteroatoms. The van der Waals surface area contributed by atoms with Gasteiger partial charge in [0.05, 0.1) is 0 Å². The Morgan fingerprint density at radius 1 is 1.03 bits per heavy atom. The SMILES string of the molecule is CCN1CCC(NC(=O)[C@@H](NC(=O)OCC2c3ccccc3-c3ccccc32)C(C)C)(C(=O)O)CC1. The second kappa shape index (κ2) is 10.7. The molecule has 2 aromatic carbocycles. The molecule has 0 bridgehead atoms. The van der Waals surface area contributed by atoms with Gasteiger partial charge in [-0.25, -0.2) is 9.59 Å². The van der Waals surface area contributed by atoms with Gasteiger partial charge in [0.15, 0.2) is 0 Å².